The van der Waals surface area contributed by atoms with Gasteiger partial charge in [-0.15, -0.1) is 0 Å². The van der Waals surface area contributed by atoms with Crippen LogP contribution in [0.1, 0.15) is 21.5 Å². The number of alkyl halides is 3. The highest BCUT2D eigenvalue weighted by atomic mass is 19.4. The average molecular weight is 339 g/mol. The van der Waals surface area contributed by atoms with Gasteiger partial charge in [-0.3, -0.25) is 5.32 Å². The van der Waals surface area contributed by atoms with Crippen LogP contribution in [0.3, 0.4) is 0 Å². The first-order valence-electron chi connectivity index (χ1n) is 6.69. The van der Waals surface area contributed by atoms with E-state index in [-0.39, 0.29) is 12.2 Å². The van der Waals surface area contributed by atoms with Crippen molar-refractivity contribution in [2.75, 3.05) is 5.32 Å². The van der Waals surface area contributed by atoms with Crippen LogP contribution in [0.5, 0.6) is 0 Å². The number of carboxylic acid groups (broad SMARTS) is 1. The van der Waals surface area contributed by atoms with Crippen LogP contribution in [0.4, 0.5) is 23.7 Å². The van der Waals surface area contributed by atoms with Crippen LogP contribution < -0.4 is 5.32 Å². The summed E-state index contributed by atoms with van der Waals surface area (Å²) < 4.78 is 43.7. The SMILES string of the molecule is O=C(Nc1cc(C(=O)O)ccc1C(F)(F)F)OCc1ccccc1. The molecule has 126 valence electrons. The summed E-state index contributed by atoms with van der Waals surface area (Å²) in [6.07, 6.45) is -5.87. The Balaban J connectivity index is 2.15. The Labute approximate surface area is 134 Å². The van der Waals surface area contributed by atoms with Gasteiger partial charge >= 0.3 is 18.2 Å². The van der Waals surface area contributed by atoms with E-state index < -0.39 is 29.5 Å². The van der Waals surface area contributed by atoms with Gasteiger partial charge in [0, 0.05) is 0 Å². The average Bonchev–Trinajstić information content (AvgIpc) is 2.52. The zero-order valence-electron chi connectivity index (χ0n) is 12.1. The Morgan fingerprint density at radius 3 is 2.33 bits per heavy atom. The summed E-state index contributed by atoms with van der Waals surface area (Å²) in [4.78, 5) is 22.6. The number of carbonyl (C=O) groups is 2. The number of hydrogen-bond donors (Lipinski definition) is 2. The molecule has 2 aromatic rings. The lowest BCUT2D eigenvalue weighted by Gasteiger charge is -2.14. The van der Waals surface area contributed by atoms with Gasteiger partial charge in [0.2, 0.25) is 0 Å². The first-order valence-corrected chi connectivity index (χ1v) is 6.69. The van der Waals surface area contributed by atoms with Gasteiger partial charge in [-0.25, -0.2) is 9.59 Å². The Morgan fingerprint density at radius 1 is 1.08 bits per heavy atom. The van der Waals surface area contributed by atoms with Crippen molar-refractivity contribution < 1.29 is 32.6 Å². The van der Waals surface area contributed by atoms with Gasteiger partial charge in [-0.1, -0.05) is 30.3 Å². The summed E-state index contributed by atoms with van der Waals surface area (Å²) in [6, 6.07) is 10.7. The largest absolute Gasteiger partial charge is 0.478 e. The fraction of sp³-hybridized carbons (Fsp3) is 0.125. The fourth-order valence-electron chi connectivity index (χ4n) is 1.90. The maximum Gasteiger partial charge on any atom is 0.418 e. The molecule has 0 aromatic heterocycles. The second-order valence-corrected chi connectivity index (χ2v) is 4.75. The smallest absolute Gasteiger partial charge is 0.418 e. The predicted octanol–water partition coefficient (Wildman–Crippen LogP) is 4.15. The molecule has 0 aliphatic carbocycles. The number of anilines is 1. The maximum absolute atomic E-state index is 12.9. The van der Waals surface area contributed by atoms with E-state index in [4.69, 9.17) is 9.84 Å². The molecule has 8 heteroatoms. The number of aromatic carboxylic acids is 1. The van der Waals surface area contributed by atoms with Crippen molar-refractivity contribution in [2.45, 2.75) is 12.8 Å². The van der Waals surface area contributed by atoms with E-state index in [2.05, 4.69) is 0 Å². The summed E-state index contributed by atoms with van der Waals surface area (Å²) in [5, 5.41) is 10.8. The molecular weight excluding hydrogens is 327 g/mol. The molecule has 0 saturated heterocycles. The lowest BCUT2D eigenvalue weighted by Crippen LogP contribution is -2.18. The first kappa shape index (κ1) is 17.3. The summed E-state index contributed by atoms with van der Waals surface area (Å²) in [7, 11) is 0. The summed E-state index contributed by atoms with van der Waals surface area (Å²) in [6.45, 7) is -0.132. The van der Waals surface area contributed by atoms with Gasteiger partial charge in [-0.05, 0) is 23.8 Å². The van der Waals surface area contributed by atoms with Crippen LogP contribution in [-0.4, -0.2) is 17.2 Å². The molecule has 24 heavy (non-hydrogen) atoms. The highest BCUT2D eigenvalue weighted by Gasteiger charge is 2.34. The van der Waals surface area contributed by atoms with Crippen molar-refractivity contribution in [1.29, 1.82) is 0 Å². The molecule has 0 radical (unpaired) electrons. The van der Waals surface area contributed by atoms with Crippen molar-refractivity contribution in [1.82, 2.24) is 0 Å². The zero-order chi connectivity index (χ0) is 17.7. The highest BCUT2D eigenvalue weighted by Crippen LogP contribution is 2.35. The Kier molecular flexibility index (Phi) is 5.08. The number of benzene rings is 2. The maximum atomic E-state index is 12.9. The number of carboxylic acids is 1. The number of nitrogens with one attached hydrogen (secondary N) is 1. The molecule has 0 saturated carbocycles. The highest BCUT2D eigenvalue weighted by molar-refractivity contribution is 5.92. The van der Waals surface area contributed by atoms with Crippen molar-refractivity contribution in [3.63, 3.8) is 0 Å². The molecule has 0 unspecified atom stereocenters. The minimum absolute atomic E-state index is 0.132. The fourth-order valence-corrected chi connectivity index (χ4v) is 1.90. The standard InChI is InChI=1S/C16H12F3NO4/c17-16(18,19)12-7-6-11(14(21)22)8-13(12)20-15(23)24-9-10-4-2-1-3-5-10/h1-8H,9H2,(H,20,23)(H,21,22). The van der Waals surface area contributed by atoms with Gasteiger partial charge in [0.05, 0.1) is 16.8 Å². The van der Waals surface area contributed by atoms with Crippen LogP contribution in [0.25, 0.3) is 0 Å². The monoisotopic (exact) mass is 339 g/mol. The van der Waals surface area contributed by atoms with Gasteiger partial charge in [0.25, 0.3) is 0 Å². The minimum Gasteiger partial charge on any atom is -0.478 e. The number of carbonyl (C=O) groups excluding carboxylic acids is 1. The lowest BCUT2D eigenvalue weighted by molar-refractivity contribution is -0.136. The van der Waals surface area contributed by atoms with Crippen molar-refractivity contribution in [2.24, 2.45) is 0 Å². The third-order valence-electron chi connectivity index (χ3n) is 3.02. The van der Waals surface area contributed by atoms with Crippen LogP contribution in [0.2, 0.25) is 0 Å². The molecule has 2 rings (SSSR count). The van der Waals surface area contributed by atoms with Gasteiger partial charge in [-0.2, -0.15) is 13.2 Å². The van der Waals surface area contributed by atoms with Crippen LogP contribution in [-0.2, 0) is 17.5 Å². The molecular formula is C16H12F3NO4. The number of rotatable bonds is 4. The molecule has 2 aromatic carbocycles. The van der Waals surface area contributed by atoms with E-state index >= 15 is 0 Å². The molecule has 0 aliphatic heterocycles. The number of halogens is 3. The van der Waals surface area contributed by atoms with Gasteiger partial charge in [0.1, 0.15) is 6.61 Å². The molecule has 2 N–H and O–H groups in total. The molecule has 5 nitrogen and oxygen atoms in total. The Bertz CT molecular complexity index is 745. The second kappa shape index (κ2) is 7.03. The van der Waals surface area contributed by atoms with Crippen molar-refractivity contribution in [3.8, 4) is 0 Å². The van der Waals surface area contributed by atoms with E-state index in [0.29, 0.717) is 11.6 Å². The third kappa shape index (κ3) is 4.48. The van der Waals surface area contributed by atoms with Gasteiger partial charge in [0.15, 0.2) is 0 Å². The van der Waals surface area contributed by atoms with Crippen molar-refractivity contribution >= 4 is 17.7 Å². The van der Waals surface area contributed by atoms with E-state index in [1.54, 1.807) is 30.3 Å². The summed E-state index contributed by atoms with van der Waals surface area (Å²) in [5.74, 6) is -1.41. The second-order valence-electron chi connectivity index (χ2n) is 4.75. The number of hydrogen-bond acceptors (Lipinski definition) is 3. The normalized spacial score (nSPS) is 11.0. The van der Waals surface area contributed by atoms with Crippen LogP contribution >= 0.6 is 0 Å². The number of amides is 1. The Morgan fingerprint density at radius 2 is 1.75 bits per heavy atom. The lowest BCUT2D eigenvalue weighted by atomic mass is 10.1. The van der Waals surface area contributed by atoms with E-state index in [1.807, 2.05) is 5.32 Å². The van der Waals surface area contributed by atoms with Crippen molar-refractivity contribution in [3.05, 3.63) is 65.2 Å². The Hall–Kier alpha value is -3.03. The molecule has 1 amide bonds. The summed E-state index contributed by atoms with van der Waals surface area (Å²) in [5.41, 5.74) is -1.58. The number of ether oxygens (including phenoxy) is 1. The zero-order valence-corrected chi connectivity index (χ0v) is 12.1. The molecule has 0 heterocycles. The molecule has 0 spiro atoms. The van der Waals surface area contributed by atoms with E-state index in [1.165, 1.54) is 0 Å². The van der Waals surface area contributed by atoms with Crippen LogP contribution in [0.15, 0.2) is 48.5 Å². The third-order valence-corrected chi connectivity index (χ3v) is 3.02. The summed E-state index contributed by atoms with van der Waals surface area (Å²) >= 11 is 0. The quantitative estimate of drug-likeness (QED) is 0.877. The topological polar surface area (TPSA) is 75.6 Å². The molecule has 0 aliphatic rings. The van der Waals surface area contributed by atoms with E-state index in [0.717, 1.165) is 12.1 Å². The van der Waals surface area contributed by atoms with Crippen LogP contribution in [0, 0.1) is 0 Å². The molecule has 0 atom stereocenters. The van der Waals surface area contributed by atoms with E-state index in [9.17, 15) is 22.8 Å². The minimum atomic E-state index is -4.75. The molecule has 0 fully saturated rings. The predicted molar refractivity (Wildman–Crippen MR) is 78.7 cm³/mol. The van der Waals surface area contributed by atoms with Gasteiger partial charge < -0.3 is 9.84 Å². The molecule has 0 bridgehead atoms. The first-order chi connectivity index (χ1) is 11.3.